The lowest BCUT2D eigenvalue weighted by atomic mass is 9.81. The normalized spacial score (nSPS) is 18.1. The number of ether oxygens (including phenoxy) is 1. The van der Waals surface area contributed by atoms with E-state index < -0.39 is 0 Å². The Morgan fingerprint density at radius 2 is 2.16 bits per heavy atom. The summed E-state index contributed by atoms with van der Waals surface area (Å²) in [5, 5.41) is 3.59. The number of hydrogen-bond donors (Lipinski definition) is 1. The van der Waals surface area contributed by atoms with E-state index in [-0.39, 0.29) is 11.2 Å². The number of hydrogen-bond acceptors (Lipinski definition) is 2. The van der Waals surface area contributed by atoms with Crippen LogP contribution in [0.3, 0.4) is 0 Å². The summed E-state index contributed by atoms with van der Waals surface area (Å²) < 4.78 is 18.7. The molecule has 0 saturated heterocycles. The second-order valence-corrected chi connectivity index (χ2v) is 5.97. The van der Waals surface area contributed by atoms with Crippen molar-refractivity contribution < 1.29 is 9.13 Å². The number of rotatable bonds is 7. The van der Waals surface area contributed by atoms with Gasteiger partial charge in [-0.05, 0) is 48.8 Å². The van der Waals surface area contributed by atoms with Gasteiger partial charge in [0.2, 0.25) is 0 Å². The van der Waals surface area contributed by atoms with Gasteiger partial charge in [-0.1, -0.05) is 19.9 Å². The van der Waals surface area contributed by atoms with Crippen LogP contribution in [0.15, 0.2) is 18.2 Å². The summed E-state index contributed by atoms with van der Waals surface area (Å²) in [6, 6.07) is 6.00. The van der Waals surface area contributed by atoms with Crippen molar-refractivity contribution in [3.63, 3.8) is 0 Å². The summed E-state index contributed by atoms with van der Waals surface area (Å²) in [6.45, 7) is 5.47. The van der Waals surface area contributed by atoms with Crippen LogP contribution < -0.4 is 10.1 Å². The summed E-state index contributed by atoms with van der Waals surface area (Å²) in [4.78, 5) is 0. The molecule has 0 spiro atoms. The molecule has 1 aromatic carbocycles. The van der Waals surface area contributed by atoms with Gasteiger partial charge in [0, 0.05) is 12.6 Å². The maximum atomic E-state index is 13.7. The third-order valence-corrected chi connectivity index (χ3v) is 4.10. The fraction of sp³-hybridized carbons (Fsp3) is 0.625. The van der Waals surface area contributed by atoms with E-state index in [0.717, 1.165) is 31.0 Å². The third-order valence-electron chi connectivity index (χ3n) is 4.10. The average Bonchev–Trinajstić information content (AvgIpc) is 3.21. The van der Waals surface area contributed by atoms with E-state index >= 15 is 0 Å². The molecule has 106 valence electrons. The Morgan fingerprint density at radius 3 is 2.68 bits per heavy atom. The van der Waals surface area contributed by atoms with Crippen LogP contribution in [-0.4, -0.2) is 19.7 Å². The molecule has 0 aromatic heterocycles. The second-order valence-electron chi connectivity index (χ2n) is 5.97. The zero-order chi connectivity index (χ0) is 13.9. The topological polar surface area (TPSA) is 21.3 Å². The van der Waals surface area contributed by atoms with Gasteiger partial charge in [0.15, 0.2) is 11.6 Å². The molecule has 19 heavy (non-hydrogen) atoms. The van der Waals surface area contributed by atoms with E-state index in [1.165, 1.54) is 20.0 Å². The predicted octanol–water partition coefficient (Wildman–Crippen LogP) is 3.55. The van der Waals surface area contributed by atoms with Crippen molar-refractivity contribution >= 4 is 0 Å². The van der Waals surface area contributed by atoms with E-state index in [4.69, 9.17) is 4.74 Å². The molecular weight excluding hydrogens is 241 g/mol. The van der Waals surface area contributed by atoms with Crippen LogP contribution in [0.5, 0.6) is 5.75 Å². The first kappa shape index (κ1) is 14.3. The van der Waals surface area contributed by atoms with Crippen LogP contribution in [-0.2, 0) is 6.42 Å². The second kappa shape index (κ2) is 5.91. The van der Waals surface area contributed by atoms with Gasteiger partial charge >= 0.3 is 0 Å². The molecule has 1 atom stereocenters. The molecule has 1 aliphatic carbocycles. The Bertz CT molecular complexity index is 431. The molecule has 0 aliphatic heterocycles. The van der Waals surface area contributed by atoms with E-state index in [1.54, 1.807) is 12.1 Å². The maximum Gasteiger partial charge on any atom is 0.165 e. The van der Waals surface area contributed by atoms with Crippen LogP contribution in [0.2, 0.25) is 0 Å². The van der Waals surface area contributed by atoms with Gasteiger partial charge in [-0.2, -0.15) is 0 Å². The van der Waals surface area contributed by atoms with Crippen molar-refractivity contribution in [2.24, 2.45) is 5.41 Å². The lowest BCUT2D eigenvalue weighted by molar-refractivity contribution is 0.288. The molecular formula is C16H24FNO. The van der Waals surface area contributed by atoms with Gasteiger partial charge in [0.25, 0.3) is 0 Å². The SMILES string of the molecule is CCC(C)(CNC1CC1)Cc1ccc(OC)c(F)c1. The Balaban J connectivity index is 2.01. The van der Waals surface area contributed by atoms with E-state index in [0.29, 0.717) is 5.75 Å². The summed E-state index contributed by atoms with van der Waals surface area (Å²) in [7, 11) is 1.49. The quantitative estimate of drug-likeness (QED) is 0.814. The van der Waals surface area contributed by atoms with Crippen molar-refractivity contribution in [2.75, 3.05) is 13.7 Å². The first-order chi connectivity index (χ1) is 9.06. The molecule has 0 heterocycles. The van der Waals surface area contributed by atoms with Gasteiger partial charge in [-0.25, -0.2) is 4.39 Å². The van der Waals surface area contributed by atoms with Crippen LogP contribution in [0.1, 0.15) is 38.7 Å². The van der Waals surface area contributed by atoms with E-state index in [2.05, 4.69) is 19.2 Å². The van der Waals surface area contributed by atoms with Gasteiger partial charge in [-0.15, -0.1) is 0 Å². The van der Waals surface area contributed by atoms with E-state index in [1.807, 2.05) is 6.07 Å². The highest BCUT2D eigenvalue weighted by molar-refractivity contribution is 5.29. The highest BCUT2D eigenvalue weighted by atomic mass is 19.1. The maximum absolute atomic E-state index is 13.7. The smallest absolute Gasteiger partial charge is 0.165 e. The third kappa shape index (κ3) is 3.93. The summed E-state index contributed by atoms with van der Waals surface area (Å²) in [5.74, 6) is 0.0478. The van der Waals surface area contributed by atoms with Crippen molar-refractivity contribution in [1.82, 2.24) is 5.32 Å². The number of methoxy groups -OCH3 is 1. The molecule has 0 amide bonds. The molecule has 1 N–H and O–H groups in total. The van der Waals surface area contributed by atoms with E-state index in [9.17, 15) is 4.39 Å². The molecule has 0 bridgehead atoms. The Kier molecular flexibility index (Phi) is 4.46. The lowest BCUT2D eigenvalue weighted by Crippen LogP contribution is -2.34. The van der Waals surface area contributed by atoms with Gasteiger partial charge in [0.05, 0.1) is 7.11 Å². The minimum atomic E-state index is -0.270. The van der Waals surface area contributed by atoms with Gasteiger partial charge in [0.1, 0.15) is 0 Å². The largest absolute Gasteiger partial charge is 0.494 e. The van der Waals surface area contributed by atoms with Crippen LogP contribution >= 0.6 is 0 Å². The molecule has 1 aliphatic rings. The number of nitrogens with one attached hydrogen (secondary N) is 1. The van der Waals surface area contributed by atoms with Crippen LogP contribution in [0.25, 0.3) is 0 Å². The predicted molar refractivity (Wildman–Crippen MR) is 76.1 cm³/mol. The molecule has 1 saturated carbocycles. The van der Waals surface area contributed by atoms with Crippen molar-refractivity contribution in [2.45, 2.75) is 45.6 Å². The first-order valence-corrected chi connectivity index (χ1v) is 7.12. The summed E-state index contributed by atoms with van der Waals surface area (Å²) >= 11 is 0. The highest BCUT2D eigenvalue weighted by Crippen LogP contribution is 2.29. The zero-order valence-electron chi connectivity index (χ0n) is 12.1. The van der Waals surface area contributed by atoms with Crippen LogP contribution in [0, 0.1) is 11.2 Å². The first-order valence-electron chi connectivity index (χ1n) is 7.12. The lowest BCUT2D eigenvalue weighted by Gasteiger charge is -2.29. The van der Waals surface area contributed by atoms with Gasteiger partial charge < -0.3 is 10.1 Å². The Labute approximate surface area is 115 Å². The minimum Gasteiger partial charge on any atom is -0.494 e. The fourth-order valence-electron chi connectivity index (χ4n) is 2.30. The molecule has 0 radical (unpaired) electrons. The molecule has 1 unspecified atom stereocenters. The number of benzene rings is 1. The Hall–Kier alpha value is -1.09. The van der Waals surface area contributed by atoms with Gasteiger partial charge in [-0.3, -0.25) is 0 Å². The zero-order valence-corrected chi connectivity index (χ0v) is 12.1. The van der Waals surface area contributed by atoms with Crippen molar-refractivity contribution in [1.29, 1.82) is 0 Å². The molecule has 2 rings (SSSR count). The monoisotopic (exact) mass is 265 g/mol. The van der Waals surface area contributed by atoms with Crippen molar-refractivity contribution in [3.8, 4) is 5.75 Å². The highest BCUT2D eigenvalue weighted by Gasteiger charge is 2.27. The standard InChI is InChI=1S/C16H24FNO/c1-4-16(2,11-18-13-6-7-13)10-12-5-8-15(19-3)14(17)9-12/h5,8-9,13,18H,4,6-7,10-11H2,1-3H3. The van der Waals surface area contributed by atoms with Crippen molar-refractivity contribution in [3.05, 3.63) is 29.6 Å². The summed E-state index contributed by atoms with van der Waals surface area (Å²) in [6.07, 6.45) is 4.58. The van der Waals surface area contributed by atoms with Crippen LogP contribution in [0.4, 0.5) is 4.39 Å². The molecule has 1 aromatic rings. The average molecular weight is 265 g/mol. The fourth-order valence-corrected chi connectivity index (χ4v) is 2.30. The minimum absolute atomic E-state index is 0.184. The number of halogens is 1. The molecule has 3 heteroatoms. The molecule has 1 fully saturated rings. The molecule has 2 nitrogen and oxygen atoms in total. The Morgan fingerprint density at radius 1 is 1.42 bits per heavy atom. The summed E-state index contributed by atoms with van der Waals surface area (Å²) in [5.41, 5.74) is 1.23.